The van der Waals surface area contributed by atoms with E-state index in [1.165, 1.54) is 0 Å². The number of benzene rings is 1. The average Bonchev–Trinajstić information content (AvgIpc) is 2.52. The van der Waals surface area contributed by atoms with Gasteiger partial charge in [-0.3, -0.25) is 4.79 Å². The second-order valence-electron chi connectivity index (χ2n) is 5.43. The first-order chi connectivity index (χ1) is 10.1. The van der Waals surface area contributed by atoms with Crippen molar-refractivity contribution < 1.29 is 9.53 Å². The van der Waals surface area contributed by atoms with Gasteiger partial charge >= 0.3 is 0 Å². The molecule has 1 saturated heterocycles. The lowest BCUT2D eigenvalue weighted by molar-refractivity contribution is 0.0934. The Balaban J connectivity index is 1.88. The van der Waals surface area contributed by atoms with Crippen LogP contribution in [0.5, 0.6) is 5.75 Å². The molecule has 116 valence electrons. The molecule has 0 unspecified atom stereocenters. The molecule has 1 heterocycles. The Labute approximate surface area is 135 Å². The fraction of sp³-hybridized carbons (Fsp3) is 0.562. The third-order valence-corrected chi connectivity index (χ3v) is 4.61. The lowest BCUT2D eigenvalue weighted by atomic mass is 9.96. The lowest BCUT2D eigenvalue weighted by Gasteiger charge is -2.31. The van der Waals surface area contributed by atoms with Crippen LogP contribution in [0, 0.1) is 5.92 Å². The van der Waals surface area contributed by atoms with Gasteiger partial charge in [0.2, 0.25) is 0 Å². The molecular weight excluding hydrogens is 332 g/mol. The topological polar surface area (TPSA) is 41.6 Å². The van der Waals surface area contributed by atoms with Gasteiger partial charge in [0.05, 0.1) is 12.7 Å². The molecule has 0 radical (unpaired) electrons. The van der Waals surface area contributed by atoms with E-state index < -0.39 is 0 Å². The maximum atomic E-state index is 12.3. The van der Waals surface area contributed by atoms with Crippen LogP contribution in [0.3, 0.4) is 0 Å². The molecule has 1 fully saturated rings. The molecule has 1 aromatic rings. The number of halogens is 1. The van der Waals surface area contributed by atoms with Crippen molar-refractivity contribution in [2.45, 2.75) is 19.8 Å². The summed E-state index contributed by atoms with van der Waals surface area (Å²) in [5.41, 5.74) is 0.590. The molecule has 2 rings (SSSR count). The highest BCUT2D eigenvalue weighted by Crippen LogP contribution is 2.23. The quantitative estimate of drug-likeness (QED) is 0.883. The number of hydrogen-bond acceptors (Lipinski definition) is 3. The van der Waals surface area contributed by atoms with Crippen molar-refractivity contribution in [3.63, 3.8) is 0 Å². The number of methoxy groups -OCH3 is 1. The average molecular weight is 355 g/mol. The zero-order chi connectivity index (χ0) is 15.2. The van der Waals surface area contributed by atoms with Crippen LogP contribution in [0.4, 0.5) is 0 Å². The number of amides is 1. The normalized spacial score (nSPS) is 16.7. The molecule has 1 aliphatic heterocycles. The van der Waals surface area contributed by atoms with E-state index in [1.807, 2.05) is 12.1 Å². The van der Waals surface area contributed by atoms with Gasteiger partial charge in [-0.15, -0.1) is 0 Å². The Bertz CT molecular complexity index is 485. The Morgan fingerprint density at radius 2 is 2.14 bits per heavy atom. The van der Waals surface area contributed by atoms with E-state index in [2.05, 4.69) is 33.1 Å². The Hall–Kier alpha value is -1.07. The Morgan fingerprint density at radius 1 is 1.43 bits per heavy atom. The third-order valence-electron chi connectivity index (χ3n) is 4.11. The zero-order valence-corrected chi connectivity index (χ0v) is 14.3. The van der Waals surface area contributed by atoms with E-state index >= 15 is 0 Å². The third kappa shape index (κ3) is 4.45. The van der Waals surface area contributed by atoms with Crippen LogP contribution >= 0.6 is 15.9 Å². The number of rotatable bonds is 5. The molecule has 1 amide bonds. The highest BCUT2D eigenvalue weighted by atomic mass is 79.9. The number of hydrogen-bond donors (Lipinski definition) is 1. The molecule has 0 aromatic heterocycles. The van der Waals surface area contributed by atoms with E-state index in [1.54, 1.807) is 13.2 Å². The maximum Gasteiger partial charge on any atom is 0.255 e. The number of nitrogens with zero attached hydrogens (tertiary/aromatic N) is 1. The molecule has 5 heteroatoms. The van der Waals surface area contributed by atoms with Crippen molar-refractivity contribution in [3.05, 3.63) is 28.2 Å². The molecule has 4 nitrogen and oxygen atoms in total. The van der Waals surface area contributed by atoms with Gasteiger partial charge in [-0.25, -0.2) is 0 Å². The number of ether oxygens (including phenoxy) is 1. The van der Waals surface area contributed by atoms with Gasteiger partial charge < -0.3 is 15.0 Å². The highest BCUT2D eigenvalue weighted by Gasteiger charge is 2.19. The number of likely N-dealkylation sites (tertiary alicyclic amines) is 1. The summed E-state index contributed by atoms with van der Waals surface area (Å²) in [4.78, 5) is 14.7. The molecule has 21 heavy (non-hydrogen) atoms. The summed E-state index contributed by atoms with van der Waals surface area (Å²) >= 11 is 3.38. The fourth-order valence-electron chi connectivity index (χ4n) is 2.69. The van der Waals surface area contributed by atoms with E-state index in [9.17, 15) is 4.79 Å². The molecule has 0 bridgehead atoms. The predicted octanol–water partition coefficient (Wildman–Crippen LogP) is 2.92. The monoisotopic (exact) mass is 354 g/mol. The van der Waals surface area contributed by atoms with Gasteiger partial charge in [-0.2, -0.15) is 0 Å². The smallest absolute Gasteiger partial charge is 0.255 e. The van der Waals surface area contributed by atoms with Crippen LogP contribution < -0.4 is 10.1 Å². The molecular formula is C16H23BrN2O2. The van der Waals surface area contributed by atoms with Crippen molar-refractivity contribution in [2.75, 3.05) is 33.3 Å². The first-order valence-electron chi connectivity index (χ1n) is 7.48. The van der Waals surface area contributed by atoms with Gasteiger partial charge in [-0.05, 0) is 56.6 Å². The number of piperidine rings is 1. The zero-order valence-electron chi connectivity index (χ0n) is 12.7. The summed E-state index contributed by atoms with van der Waals surface area (Å²) in [5.74, 6) is 1.12. The molecule has 0 saturated carbocycles. The summed E-state index contributed by atoms with van der Waals surface area (Å²) in [6.07, 6.45) is 2.32. The first kappa shape index (κ1) is 16.3. The molecule has 1 N–H and O–H groups in total. The number of nitrogens with one attached hydrogen (secondary N) is 1. The summed E-state index contributed by atoms with van der Waals surface area (Å²) in [5, 5.41) is 3.04. The van der Waals surface area contributed by atoms with Gasteiger partial charge in [0.25, 0.3) is 5.91 Å². The second-order valence-corrected chi connectivity index (χ2v) is 6.35. The number of carbonyl (C=O) groups excluding carboxylic acids is 1. The largest absolute Gasteiger partial charge is 0.496 e. The minimum atomic E-state index is -0.0581. The summed E-state index contributed by atoms with van der Waals surface area (Å²) < 4.78 is 6.18. The van der Waals surface area contributed by atoms with Crippen molar-refractivity contribution in [1.29, 1.82) is 0 Å². The molecule has 0 aliphatic carbocycles. The second kappa shape index (κ2) is 7.80. The van der Waals surface area contributed by atoms with Crippen LogP contribution in [-0.2, 0) is 0 Å². The summed E-state index contributed by atoms with van der Waals surface area (Å²) in [6.45, 7) is 6.34. The van der Waals surface area contributed by atoms with Gasteiger partial charge in [0, 0.05) is 11.0 Å². The van der Waals surface area contributed by atoms with Gasteiger partial charge in [0.15, 0.2) is 0 Å². The van der Waals surface area contributed by atoms with Gasteiger partial charge in [0.1, 0.15) is 5.75 Å². The predicted molar refractivity (Wildman–Crippen MR) is 87.9 cm³/mol. The molecule has 0 atom stereocenters. The van der Waals surface area contributed by atoms with E-state index in [0.717, 1.165) is 43.5 Å². The molecule has 0 spiro atoms. The Morgan fingerprint density at radius 3 is 2.76 bits per heavy atom. The Kier molecular flexibility index (Phi) is 6.06. The maximum absolute atomic E-state index is 12.3. The van der Waals surface area contributed by atoms with Crippen molar-refractivity contribution in [2.24, 2.45) is 5.92 Å². The SMILES string of the molecule is CCN1CCC(CNC(=O)c2ccc(Br)cc2OC)CC1. The standard InChI is InChI=1S/C16H23BrN2O2/c1-3-19-8-6-12(7-9-19)11-18-16(20)14-5-4-13(17)10-15(14)21-2/h4-5,10,12H,3,6-9,11H2,1-2H3,(H,18,20). The first-order valence-corrected chi connectivity index (χ1v) is 8.27. The van der Waals surface area contributed by atoms with E-state index in [0.29, 0.717) is 17.2 Å². The summed E-state index contributed by atoms with van der Waals surface area (Å²) in [7, 11) is 1.58. The molecule has 1 aromatic carbocycles. The van der Waals surface area contributed by atoms with Crippen LogP contribution in [0.1, 0.15) is 30.1 Å². The van der Waals surface area contributed by atoms with Crippen LogP contribution in [0.2, 0.25) is 0 Å². The van der Waals surface area contributed by atoms with Crippen LogP contribution in [0.25, 0.3) is 0 Å². The highest BCUT2D eigenvalue weighted by molar-refractivity contribution is 9.10. The van der Waals surface area contributed by atoms with Crippen molar-refractivity contribution >= 4 is 21.8 Å². The van der Waals surface area contributed by atoms with Crippen molar-refractivity contribution in [1.82, 2.24) is 10.2 Å². The fourth-order valence-corrected chi connectivity index (χ4v) is 3.03. The van der Waals surface area contributed by atoms with Crippen molar-refractivity contribution in [3.8, 4) is 5.75 Å². The minimum Gasteiger partial charge on any atom is -0.496 e. The van der Waals surface area contributed by atoms with E-state index in [-0.39, 0.29) is 5.91 Å². The molecule has 1 aliphatic rings. The number of carbonyl (C=O) groups is 1. The van der Waals surface area contributed by atoms with Gasteiger partial charge in [-0.1, -0.05) is 22.9 Å². The van der Waals surface area contributed by atoms with Crippen LogP contribution in [-0.4, -0.2) is 44.1 Å². The minimum absolute atomic E-state index is 0.0581. The van der Waals surface area contributed by atoms with Crippen LogP contribution in [0.15, 0.2) is 22.7 Å². The van der Waals surface area contributed by atoms with E-state index in [4.69, 9.17) is 4.74 Å². The lowest BCUT2D eigenvalue weighted by Crippen LogP contribution is -2.38. The summed E-state index contributed by atoms with van der Waals surface area (Å²) in [6, 6.07) is 5.46.